The molecule has 0 fully saturated rings. The molecule has 94 valence electrons. The Kier molecular flexibility index (Phi) is 3.47. The third-order valence-electron chi connectivity index (χ3n) is 2.44. The number of methoxy groups -OCH3 is 1. The molecular weight excluding hydrogens is 250 g/mol. The fourth-order valence-electron chi connectivity index (χ4n) is 1.48. The predicted molar refractivity (Wildman–Crippen MR) is 72.2 cm³/mol. The molecule has 0 spiro atoms. The monoisotopic (exact) mass is 263 g/mol. The molecule has 0 saturated carbocycles. The fraction of sp³-hybridized carbons (Fsp3) is 0.167. The van der Waals surface area contributed by atoms with Crippen molar-refractivity contribution in [3.8, 4) is 5.75 Å². The van der Waals surface area contributed by atoms with Crippen LogP contribution < -0.4 is 15.8 Å². The molecule has 0 saturated heterocycles. The maximum absolute atomic E-state index is 11.9. The number of amides is 1. The van der Waals surface area contributed by atoms with Crippen LogP contribution in [0.5, 0.6) is 5.75 Å². The summed E-state index contributed by atoms with van der Waals surface area (Å²) in [7, 11) is 1.60. The summed E-state index contributed by atoms with van der Waals surface area (Å²) < 4.78 is 5.10. The molecule has 1 aromatic carbocycles. The zero-order valence-corrected chi connectivity index (χ0v) is 10.9. The molecule has 2 aromatic rings. The van der Waals surface area contributed by atoms with Gasteiger partial charge in [0, 0.05) is 11.1 Å². The molecule has 1 heterocycles. The van der Waals surface area contributed by atoms with Crippen LogP contribution in [0.3, 0.4) is 0 Å². The van der Waals surface area contributed by atoms with Gasteiger partial charge in [0.25, 0.3) is 5.91 Å². The van der Waals surface area contributed by atoms with Crippen molar-refractivity contribution in [3.05, 3.63) is 34.8 Å². The molecule has 5 nitrogen and oxygen atoms in total. The molecule has 0 aliphatic rings. The van der Waals surface area contributed by atoms with Gasteiger partial charge in [-0.1, -0.05) is 0 Å². The van der Waals surface area contributed by atoms with Crippen molar-refractivity contribution >= 4 is 28.1 Å². The quantitative estimate of drug-likeness (QED) is 0.890. The van der Waals surface area contributed by atoms with Crippen LogP contribution in [0.4, 0.5) is 10.8 Å². The number of aromatic nitrogens is 1. The maximum Gasteiger partial charge on any atom is 0.275 e. The molecule has 1 amide bonds. The van der Waals surface area contributed by atoms with Gasteiger partial charge in [-0.25, -0.2) is 4.98 Å². The van der Waals surface area contributed by atoms with Crippen LogP contribution >= 0.6 is 11.3 Å². The highest BCUT2D eigenvalue weighted by Gasteiger charge is 2.11. The largest absolute Gasteiger partial charge is 0.497 e. The van der Waals surface area contributed by atoms with Gasteiger partial charge in [-0.15, -0.1) is 11.3 Å². The van der Waals surface area contributed by atoms with Gasteiger partial charge < -0.3 is 15.8 Å². The molecule has 3 N–H and O–H groups in total. The minimum atomic E-state index is -0.267. The maximum atomic E-state index is 11.9. The molecule has 0 radical (unpaired) electrons. The van der Waals surface area contributed by atoms with E-state index in [1.165, 1.54) is 11.3 Å². The van der Waals surface area contributed by atoms with E-state index in [4.69, 9.17) is 10.5 Å². The summed E-state index contributed by atoms with van der Waals surface area (Å²) in [5.74, 6) is 0.486. The number of nitrogens with zero attached hydrogens (tertiary/aromatic N) is 1. The van der Waals surface area contributed by atoms with Crippen LogP contribution in [0.2, 0.25) is 0 Å². The van der Waals surface area contributed by atoms with Crippen LogP contribution in [-0.4, -0.2) is 18.0 Å². The van der Waals surface area contributed by atoms with Crippen molar-refractivity contribution in [2.45, 2.75) is 6.92 Å². The van der Waals surface area contributed by atoms with Gasteiger partial charge in [-0.05, 0) is 30.7 Å². The van der Waals surface area contributed by atoms with Gasteiger partial charge >= 0.3 is 0 Å². The third kappa shape index (κ3) is 2.60. The van der Waals surface area contributed by atoms with Crippen molar-refractivity contribution in [1.82, 2.24) is 4.98 Å². The standard InChI is InChI=1S/C12H13N3O2S/c1-7-5-8(17-2)3-4-9(7)14-11(16)10-6-18-12(13)15-10/h3-6H,1-2H3,(H2,13,15)(H,14,16). The average molecular weight is 263 g/mol. The van der Waals surface area contributed by atoms with E-state index in [2.05, 4.69) is 10.3 Å². The smallest absolute Gasteiger partial charge is 0.275 e. The lowest BCUT2D eigenvalue weighted by molar-refractivity contribution is 0.102. The second-order valence-electron chi connectivity index (χ2n) is 3.71. The van der Waals surface area contributed by atoms with E-state index in [0.29, 0.717) is 10.8 Å². The molecule has 6 heteroatoms. The number of benzene rings is 1. The van der Waals surface area contributed by atoms with Crippen molar-refractivity contribution in [1.29, 1.82) is 0 Å². The van der Waals surface area contributed by atoms with E-state index in [1.807, 2.05) is 13.0 Å². The number of ether oxygens (including phenoxy) is 1. The number of nitrogen functional groups attached to an aromatic ring is 1. The Balaban J connectivity index is 2.16. The predicted octanol–water partition coefficient (Wildman–Crippen LogP) is 2.29. The lowest BCUT2D eigenvalue weighted by atomic mass is 10.2. The van der Waals surface area contributed by atoms with E-state index in [9.17, 15) is 4.79 Å². The Morgan fingerprint density at radius 3 is 2.83 bits per heavy atom. The number of carbonyl (C=O) groups excluding carboxylic acids is 1. The zero-order valence-electron chi connectivity index (χ0n) is 10.1. The van der Waals surface area contributed by atoms with Gasteiger partial charge in [-0.3, -0.25) is 4.79 Å². The molecule has 0 bridgehead atoms. The number of aryl methyl sites for hydroxylation is 1. The van der Waals surface area contributed by atoms with E-state index in [-0.39, 0.29) is 5.91 Å². The van der Waals surface area contributed by atoms with Crippen molar-refractivity contribution in [3.63, 3.8) is 0 Å². The lowest BCUT2D eigenvalue weighted by Gasteiger charge is -2.08. The molecule has 0 unspecified atom stereocenters. The number of rotatable bonds is 3. The molecule has 0 aliphatic heterocycles. The molecule has 18 heavy (non-hydrogen) atoms. The summed E-state index contributed by atoms with van der Waals surface area (Å²) >= 11 is 1.24. The minimum absolute atomic E-state index is 0.267. The Hall–Kier alpha value is -2.08. The summed E-state index contributed by atoms with van der Waals surface area (Å²) in [6.07, 6.45) is 0. The van der Waals surface area contributed by atoms with Crippen LogP contribution in [-0.2, 0) is 0 Å². The van der Waals surface area contributed by atoms with Gasteiger partial charge in [0.2, 0.25) is 0 Å². The van der Waals surface area contributed by atoms with Crippen LogP contribution in [0.15, 0.2) is 23.6 Å². The summed E-state index contributed by atoms with van der Waals surface area (Å²) in [5, 5.41) is 4.79. The Morgan fingerprint density at radius 2 is 2.28 bits per heavy atom. The van der Waals surface area contributed by atoms with Crippen LogP contribution in [0, 0.1) is 6.92 Å². The number of carbonyl (C=O) groups is 1. The first-order chi connectivity index (χ1) is 8.60. The van der Waals surface area contributed by atoms with Crippen molar-refractivity contribution in [2.75, 3.05) is 18.2 Å². The molecule has 2 rings (SSSR count). The number of nitrogens with one attached hydrogen (secondary N) is 1. The van der Waals surface area contributed by atoms with Crippen LogP contribution in [0.25, 0.3) is 0 Å². The molecular formula is C12H13N3O2S. The van der Waals surface area contributed by atoms with E-state index < -0.39 is 0 Å². The Labute approximate surface area is 109 Å². The highest BCUT2D eigenvalue weighted by atomic mass is 32.1. The van der Waals surface area contributed by atoms with E-state index in [1.54, 1.807) is 24.6 Å². The van der Waals surface area contributed by atoms with Gasteiger partial charge in [0.1, 0.15) is 11.4 Å². The Morgan fingerprint density at radius 1 is 1.50 bits per heavy atom. The minimum Gasteiger partial charge on any atom is -0.497 e. The molecule has 1 aromatic heterocycles. The normalized spacial score (nSPS) is 10.1. The fourth-order valence-corrected chi connectivity index (χ4v) is 2.02. The zero-order chi connectivity index (χ0) is 13.1. The van der Waals surface area contributed by atoms with Crippen molar-refractivity contribution < 1.29 is 9.53 Å². The van der Waals surface area contributed by atoms with Gasteiger partial charge in [0.05, 0.1) is 7.11 Å². The number of hydrogen-bond donors (Lipinski definition) is 2. The Bertz CT molecular complexity index is 580. The highest BCUT2D eigenvalue weighted by Crippen LogP contribution is 2.22. The third-order valence-corrected chi connectivity index (χ3v) is 3.11. The SMILES string of the molecule is COc1ccc(NC(=O)c2csc(N)n2)c(C)c1. The molecule has 0 atom stereocenters. The first-order valence-electron chi connectivity index (χ1n) is 5.27. The number of anilines is 2. The molecule has 0 aliphatic carbocycles. The number of hydrogen-bond acceptors (Lipinski definition) is 5. The summed E-state index contributed by atoms with van der Waals surface area (Å²) in [4.78, 5) is 15.8. The number of thiazole rings is 1. The summed E-state index contributed by atoms with van der Waals surface area (Å²) in [5.41, 5.74) is 7.47. The second-order valence-corrected chi connectivity index (χ2v) is 4.60. The van der Waals surface area contributed by atoms with E-state index >= 15 is 0 Å². The topological polar surface area (TPSA) is 77.2 Å². The second kappa shape index (κ2) is 5.05. The summed E-state index contributed by atoms with van der Waals surface area (Å²) in [6.45, 7) is 1.90. The average Bonchev–Trinajstić information content (AvgIpc) is 2.78. The first kappa shape index (κ1) is 12.4. The van der Waals surface area contributed by atoms with Crippen molar-refractivity contribution in [2.24, 2.45) is 0 Å². The van der Waals surface area contributed by atoms with Gasteiger partial charge in [-0.2, -0.15) is 0 Å². The highest BCUT2D eigenvalue weighted by molar-refractivity contribution is 7.13. The number of nitrogens with two attached hydrogens (primary N) is 1. The lowest BCUT2D eigenvalue weighted by Crippen LogP contribution is -2.13. The first-order valence-corrected chi connectivity index (χ1v) is 6.15. The van der Waals surface area contributed by atoms with Crippen LogP contribution in [0.1, 0.15) is 16.1 Å². The summed E-state index contributed by atoms with van der Waals surface area (Å²) in [6, 6.07) is 5.44. The van der Waals surface area contributed by atoms with Gasteiger partial charge in [0.15, 0.2) is 5.13 Å². The van der Waals surface area contributed by atoms with E-state index in [0.717, 1.165) is 17.0 Å².